The van der Waals surface area contributed by atoms with Crippen LogP contribution in [-0.4, -0.2) is 29.9 Å². The molecule has 0 atom stereocenters. The molecule has 0 bridgehead atoms. The van der Waals surface area contributed by atoms with E-state index < -0.39 is 0 Å². The Balaban J connectivity index is 0.842. The van der Waals surface area contributed by atoms with Gasteiger partial charge < -0.3 is 4.42 Å². The number of hydrogen-bond donors (Lipinski definition) is 0. The fourth-order valence-corrected chi connectivity index (χ4v) is 8.40. The van der Waals surface area contributed by atoms with Crippen LogP contribution in [0.5, 0.6) is 0 Å². The van der Waals surface area contributed by atoms with Crippen LogP contribution in [0.25, 0.3) is 123 Å². The highest BCUT2D eigenvalue weighted by molar-refractivity contribution is 6.18. The minimum Gasteiger partial charge on any atom is -0.436 e. The van der Waals surface area contributed by atoms with Crippen LogP contribution in [0.3, 0.4) is 0 Å². The van der Waals surface area contributed by atoms with Gasteiger partial charge in [-0.15, -0.1) is 0 Å². The molecule has 4 heterocycles. The topological polar surface area (TPSA) is 90.5 Å². The largest absolute Gasteiger partial charge is 0.436 e. The molecular weight excluding hydrogens is 773 g/mol. The molecule has 0 amide bonds. The van der Waals surface area contributed by atoms with Crippen molar-refractivity contribution in [3.05, 3.63) is 206 Å². The summed E-state index contributed by atoms with van der Waals surface area (Å²) >= 11 is 0. The molecule has 294 valence electrons. The third kappa shape index (κ3) is 6.74. The lowest BCUT2D eigenvalue weighted by molar-refractivity contribution is 0.655. The summed E-state index contributed by atoms with van der Waals surface area (Å²) in [7, 11) is 0. The molecule has 7 nitrogen and oxygen atoms in total. The number of fused-ring (bicyclic) bond motifs is 6. The van der Waals surface area contributed by atoms with Crippen molar-refractivity contribution in [1.82, 2.24) is 29.9 Å². The Bertz CT molecular complexity index is 3660. The molecule has 0 N–H and O–H groups in total. The van der Waals surface area contributed by atoms with Crippen molar-refractivity contribution in [3.8, 4) is 78.7 Å². The van der Waals surface area contributed by atoms with Crippen LogP contribution in [0.4, 0.5) is 0 Å². The van der Waals surface area contributed by atoms with Gasteiger partial charge in [-0.25, -0.2) is 29.9 Å². The van der Waals surface area contributed by atoms with Crippen LogP contribution in [0.15, 0.2) is 211 Å². The van der Waals surface area contributed by atoms with Gasteiger partial charge in [0, 0.05) is 22.9 Å². The van der Waals surface area contributed by atoms with E-state index in [0.29, 0.717) is 34.4 Å². The predicted molar refractivity (Wildman–Crippen MR) is 254 cm³/mol. The van der Waals surface area contributed by atoms with Gasteiger partial charge >= 0.3 is 0 Å². The van der Waals surface area contributed by atoms with Gasteiger partial charge in [0.05, 0.1) is 5.39 Å². The van der Waals surface area contributed by atoms with E-state index in [9.17, 15) is 0 Å². The highest BCUT2D eigenvalue weighted by Gasteiger charge is 2.17. The number of hydrogen-bond acceptors (Lipinski definition) is 7. The molecule has 0 unspecified atom stereocenters. The first-order valence-electron chi connectivity index (χ1n) is 20.8. The fourth-order valence-electron chi connectivity index (χ4n) is 8.40. The molecule has 0 saturated heterocycles. The van der Waals surface area contributed by atoms with Crippen molar-refractivity contribution in [3.63, 3.8) is 0 Å². The molecule has 0 radical (unpaired) electrons. The highest BCUT2D eigenvalue weighted by Crippen LogP contribution is 2.37. The first kappa shape index (κ1) is 36.2. The van der Waals surface area contributed by atoms with Crippen LogP contribution in [0, 0.1) is 0 Å². The van der Waals surface area contributed by atoms with E-state index in [2.05, 4.69) is 151 Å². The van der Waals surface area contributed by atoms with Gasteiger partial charge in [0.15, 0.2) is 23.1 Å². The molecule has 0 spiro atoms. The maximum Gasteiger partial charge on any atom is 0.247 e. The average molecular weight is 807 g/mol. The summed E-state index contributed by atoms with van der Waals surface area (Å²) in [4.78, 5) is 29.0. The first-order valence-corrected chi connectivity index (χ1v) is 20.8. The lowest BCUT2D eigenvalue weighted by Crippen LogP contribution is -2.00. The summed E-state index contributed by atoms with van der Waals surface area (Å²) in [6, 6.07) is 69.2. The average Bonchev–Trinajstić information content (AvgIpc) is 3.74. The van der Waals surface area contributed by atoms with Crippen molar-refractivity contribution in [2.75, 3.05) is 0 Å². The summed E-state index contributed by atoms with van der Waals surface area (Å²) in [5, 5.41) is 3.12. The Labute approximate surface area is 362 Å². The van der Waals surface area contributed by atoms with Crippen molar-refractivity contribution in [1.29, 1.82) is 0 Å². The standard InChI is InChI=1S/C56H34N6O/c1-3-10-35(11-4-1)36-23-25-40(26-24-36)53-60-52(39-12-5-2-6-13-39)61-54(62-53)46-17-8-15-42(34-46)38-21-19-37(20-22-38)41-14-7-16-43(32-41)44-27-29-47-45(33-44)28-30-49-50(47)51-56(63-49)58-48-18-9-31-57-55(48)59-51/h1-34H. The highest BCUT2D eigenvalue weighted by atomic mass is 16.3. The van der Waals surface area contributed by atoms with Gasteiger partial charge in [-0.3, -0.25) is 0 Å². The predicted octanol–water partition coefficient (Wildman–Crippen LogP) is 13.9. The zero-order chi connectivity index (χ0) is 41.7. The van der Waals surface area contributed by atoms with E-state index in [1.165, 1.54) is 5.56 Å². The van der Waals surface area contributed by atoms with Crippen LogP contribution in [0.2, 0.25) is 0 Å². The van der Waals surface area contributed by atoms with Crippen molar-refractivity contribution in [2.45, 2.75) is 0 Å². The first-order chi connectivity index (χ1) is 31.2. The van der Waals surface area contributed by atoms with Crippen molar-refractivity contribution < 1.29 is 4.42 Å². The van der Waals surface area contributed by atoms with E-state index in [4.69, 9.17) is 29.3 Å². The second kappa shape index (κ2) is 15.1. The number of pyridine rings is 1. The van der Waals surface area contributed by atoms with Gasteiger partial charge in [0.25, 0.3) is 0 Å². The molecule has 0 aliphatic rings. The maximum absolute atomic E-state index is 6.15. The van der Waals surface area contributed by atoms with Gasteiger partial charge in [-0.1, -0.05) is 164 Å². The molecule has 12 rings (SSSR count). The van der Waals surface area contributed by atoms with E-state index in [1.54, 1.807) is 6.20 Å². The number of rotatable bonds is 7. The quantitative estimate of drug-likeness (QED) is 0.158. The molecule has 4 aromatic heterocycles. The van der Waals surface area contributed by atoms with E-state index >= 15 is 0 Å². The maximum atomic E-state index is 6.15. The zero-order valence-corrected chi connectivity index (χ0v) is 33.7. The SMILES string of the molecule is c1ccc(-c2ccc(-c3nc(-c4ccccc4)nc(-c4cccc(-c5ccc(-c6cccc(-c7ccc8c(ccc9oc%10nc%11cccnc%11nc%10c98)c7)c6)cc5)c4)n3)cc2)cc1. The van der Waals surface area contributed by atoms with Crippen molar-refractivity contribution in [2.24, 2.45) is 0 Å². The Morgan fingerprint density at radius 3 is 1.51 bits per heavy atom. The van der Waals surface area contributed by atoms with E-state index in [1.807, 2.05) is 54.6 Å². The van der Waals surface area contributed by atoms with Crippen LogP contribution < -0.4 is 0 Å². The van der Waals surface area contributed by atoms with Crippen LogP contribution in [-0.2, 0) is 0 Å². The zero-order valence-electron chi connectivity index (χ0n) is 33.7. The molecule has 0 fully saturated rings. The molecule has 7 heteroatoms. The molecule has 0 aliphatic carbocycles. The third-order valence-electron chi connectivity index (χ3n) is 11.6. The normalized spacial score (nSPS) is 11.5. The fraction of sp³-hybridized carbons (Fsp3) is 0. The minimum atomic E-state index is 0.518. The van der Waals surface area contributed by atoms with Gasteiger partial charge in [-0.2, -0.15) is 0 Å². The van der Waals surface area contributed by atoms with E-state index in [0.717, 1.165) is 82.9 Å². The summed E-state index contributed by atoms with van der Waals surface area (Å²) in [6.07, 6.45) is 1.74. The number of furan rings is 1. The number of benzene rings is 8. The molecule has 8 aromatic carbocycles. The lowest BCUT2D eigenvalue weighted by atomic mass is 9.95. The van der Waals surface area contributed by atoms with Gasteiger partial charge in [-0.05, 0) is 91.7 Å². The molecule has 0 aliphatic heterocycles. The summed E-state index contributed by atoms with van der Waals surface area (Å²) in [5.41, 5.74) is 15.1. The smallest absolute Gasteiger partial charge is 0.247 e. The van der Waals surface area contributed by atoms with E-state index in [-0.39, 0.29) is 0 Å². The lowest BCUT2D eigenvalue weighted by Gasteiger charge is -2.11. The minimum absolute atomic E-state index is 0.518. The second-order valence-corrected chi connectivity index (χ2v) is 15.6. The number of aromatic nitrogens is 6. The summed E-state index contributed by atoms with van der Waals surface area (Å²) < 4.78 is 6.15. The molecular formula is C56H34N6O. The van der Waals surface area contributed by atoms with Crippen molar-refractivity contribution >= 4 is 44.1 Å². The molecule has 63 heavy (non-hydrogen) atoms. The van der Waals surface area contributed by atoms with Crippen LogP contribution >= 0.6 is 0 Å². The van der Waals surface area contributed by atoms with Gasteiger partial charge in [0.2, 0.25) is 5.71 Å². The van der Waals surface area contributed by atoms with Gasteiger partial charge in [0.1, 0.15) is 16.6 Å². The summed E-state index contributed by atoms with van der Waals surface area (Å²) in [5.74, 6) is 1.88. The second-order valence-electron chi connectivity index (χ2n) is 15.6. The summed E-state index contributed by atoms with van der Waals surface area (Å²) in [6.45, 7) is 0. The Morgan fingerprint density at radius 2 is 0.825 bits per heavy atom. The Hall–Kier alpha value is -8.68. The monoisotopic (exact) mass is 806 g/mol. The molecule has 12 aromatic rings. The Morgan fingerprint density at radius 1 is 0.333 bits per heavy atom. The van der Waals surface area contributed by atoms with Crippen LogP contribution in [0.1, 0.15) is 0 Å². The number of nitrogens with zero attached hydrogens (tertiary/aromatic N) is 6. The third-order valence-corrected chi connectivity index (χ3v) is 11.6. The Kier molecular flexibility index (Phi) is 8.67. The molecule has 0 saturated carbocycles.